The number of ether oxygens (including phenoxy) is 1. The fourth-order valence-electron chi connectivity index (χ4n) is 6.25. The van der Waals surface area contributed by atoms with Crippen LogP contribution in [0.2, 0.25) is 0 Å². The summed E-state index contributed by atoms with van der Waals surface area (Å²) in [5, 5.41) is 0. The molecule has 2 aliphatic carbocycles. The van der Waals surface area contributed by atoms with Gasteiger partial charge in [0.15, 0.2) is 0 Å². The van der Waals surface area contributed by atoms with E-state index in [1.807, 2.05) is 43.3 Å². The van der Waals surface area contributed by atoms with E-state index in [1.165, 1.54) is 42.4 Å². The quantitative estimate of drug-likeness (QED) is 0.181. The predicted octanol–water partition coefficient (Wildman–Crippen LogP) is 6.52. The van der Waals surface area contributed by atoms with Gasteiger partial charge >= 0.3 is 5.97 Å². The van der Waals surface area contributed by atoms with Gasteiger partial charge in [-0.25, -0.2) is 13.6 Å². The highest BCUT2D eigenvalue weighted by molar-refractivity contribution is 6.18. The van der Waals surface area contributed by atoms with Crippen molar-refractivity contribution >= 4 is 37.2 Å². The zero-order valence-electron chi connectivity index (χ0n) is 23.5. The maximum Gasteiger partial charge on any atom is 0.330 e. The van der Waals surface area contributed by atoms with Gasteiger partial charge in [0.2, 0.25) is 5.91 Å². The molecule has 3 aromatic rings. The van der Waals surface area contributed by atoms with E-state index in [0.29, 0.717) is 17.0 Å². The molecule has 0 aliphatic heterocycles. The molecule has 0 aromatic heterocycles. The number of methoxy groups -OCH3 is 1. The third-order valence-corrected chi connectivity index (χ3v) is 8.40. The molecule has 1 amide bonds. The summed E-state index contributed by atoms with van der Waals surface area (Å²) < 4.78 is 35.2. The summed E-state index contributed by atoms with van der Waals surface area (Å²) >= 11 is 0. The van der Waals surface area contributed by atoms with E-state index < -0.39 is 23.5 Å². The molecule has 0 heterocycles. The van der Waals surface area contributed by atoms with E-state index in [4.69, 9.17) is 7.85 Å². The minimum absolute atomic E-state index is 0.131. The zero-order chi connectivity index (χ0) is 29.3. The molecule has 41 heavy (non-hydrogen) atoms. The second-order valence-corrected chi connectivity index (χ2v) is 11.2. The van der Waals surface area contributed by atoms with Gasteiger partial charge in [0, 0.05) is 49.0 Å². The van der Waals surface area contributed by atoms with Gasteiger partial charge in [0.1, 0.15) is 19.5 Å². The molecular weight excluding hydrogens is 521 g/mol. The molecule has 5 nitrogen and oxygen atoms in total. The van der Waals surface area contributed by atoms with Crippen molar-refractivity contribution in [3.63, 3.8) is 0 Å². The Balaban J connectivity index is 1.51. The fraction of sp³-hybridized carbons (Fsp3) is 0.333. The number of hydrogen-bond acceptors (Lipinski definition) is 4. The van der Waals surface area contributed by atoms with Crippen molar-refractivity contribution in [2.75, 3.05) is 31.0 Å². The number of nitrogens with zero attached hydrogens (tertiary/aromatic N) is 2. The lowest BCUT2D eigenvalue weighted by Crippen LogP contribution is -2.41. The molecule has 2 aliphatic rings. The predicted molar refractivity (Wildman–Crippen MR) is 159 cm³/mol. The summed E-state index contributed by atoms with van der Waals surface area (Å²) in [6.45, 7) is 0. The van der Waals surface area contributed by atoms with Gasteiger partial charge < -0.3 is 14.5 Å². The number of rotatable bonds is 8. The summed E-state index contributed by atoms with van der Waals surface area (Å²) in [5.41, 5.74) is 3.23. The van der Waals surface area contributed by atoms with Crippen LogP contribution in [0.4, 0.5) is 20.2 Å². The molecule has 3 aromatic carbocycles. The molecular formula is C33H33BF2N2O3. The Kier molecular flexibility index (Phi) is 8.29. The first kappa shape index (κ1) is 28.6. The van der Waals surface area contributed by atoms with Gasteiger partial charge in [0.05, 0.1) is 7.11 Å². The second kappa shape index (κ2) is 11.9. The van der Waals surface area contributed by atoms with Crippen LogP contribution in [0.25, 0.3) is 17.2 Å². The average Bonchev–Trinajstić information content (AvgIpc) is 3.60. The normalized spacial score (nSPS) is 20.3. The number of benzene rings is 3. The summed E-state index contributed by atoms with van der Waals surface area (Å²) in [4.78, 5) is 29.0. The van der Waals surface area contributed by atoms with Crippen LogP contribution in [0.15, 0.2) is 66.7 Å². The molecule has 8 heteroatoms. The molecule has 2 radical (unpaired) electrons. The first-order chi connectivity index (χ1) is 19.6. The highest BCUT2D eigenvalue weighted by atomic mass is 19.1. The van der Waals surface area contributed by atoms with Crippen molar-refractivity contribution in [2.45, 2.75) is 31.6 Å². The molecule has 2 fully saturated rings. The maximum atomic E-state index is 15.7. The number of carbonyl (C=O) groups excluding carboxylic acids is 2. The number of hydrogen-bond donors (Lipinski definition) is 0. The number of anilines is 2. The molecule has 2 bridgehead atoms. The van der Waals surface area contributed by atoms with Crippen LogP contribution in [-0.2, 0) is 14.3 Å². The Hall–Kier alpha value is -3.94. The molecule has 2 saturated carbocycles. The SMILES string of the molecule is [B]C(c1ccc(-c2ccc(N(C)C)cc2)cc1F)N(C(=O)C1C[C@H]2CC[C@@H]1C2)c1cc(F)cc(/C=C/C(=O)OC)c1. The number of fused-ring (bicyclic) bond motifs is 2. The molecule has 5 rings (SSSR count). The largest absolute Gasteiger partial charge is 0.466 e. The minimum atomic E-state index is -1.19. The molecule has 2 unspecified atom stereocenters. The third kappa shape index (κ3) is 6.07. The third-order valence-electron chi connectivity index (χ3n) is 8.40. The van der Waals surface area contributed by atoms with Crippen LogP contribution in [0, 0.1) is 29.4 Å². The van der Waals surface area contributed by atoms with Crippen LogP contribution in [0.3, 0.4) is 0 Å². The number of carbonyl (C=O) groups is 2. The van der Waals surface area contributed by atoms with Crippen molar-refractivity contribution in [3.8, 4) is 11.1 Å². The van der Waals surface area contributed by atoms with Crippen LogP contribution in [0.5, 0.6) is 0 Å². The molecule has 4 atom stereocenters. The van der Waals surface area contributed by atoms with Gasteiger partial charge in [-0.1, -0.05) is 30.7 Å². The van der Waals surface area contributed by atoms with Crippen molar-refractivity contribution < 1.29 is 23.1 Å². The lowest BCUT2D eigenvalue weighted by molar-refractivity contribution is -0.134. The standard InChI is InChI=1S/C33H33BF2N2O3/c1-37(2)26-10-7-22(8-11-26)23-9-12-28(30(36)18-23)32(34)38(33(40)29-17-20-4-6-24(29)14-20)27-16-21(15-25(35)19-27)5-13-31(39)41-3/h5,7-13,15-16,18-20,24,29,32H,4,6,14,17H2,1-3H3/b13-5+/t20-,24+,29?,32?/m0/s1. The van der Waals surface area contributed by atoms with Gasteiger partial charge in [-0.3, -0.25) is 4.79 Å². The van der Waals surface area contributed by atoms with Crippen LogP contribution >= 0.6 is 0 Å². The van der Waals surface area contributed by atoms with E-state index in [2.05, 4.69) is 4.74 Å². The summed E-state index contributed by atoms with van der Waals surface area (Å²) in [5.74, 6) is -2.70. The second-order valence-electron chi connectivity index (χ2n) is 11.2. The monoisotopic (exact) mass is 554 g/mol. The van der Waals surface area contributed by atoms with E-state index >= 15 is 4.39 Å². The van der Waals surface area contributed by atoms with Crippen molar-refractivity contribution in [1.82, 2.24) is 0 Å². The van der Waals surface area contributed by atoms with Gasteiger partial charge in [-0.15, -0.1) is 0 Å². The summed E-state index contributed by atoms with van der Waals surface area (Å²) in [7, 11) is 11.8. The Labute approximate surface area is 241 Å². The van der Waals surface area contributed by atoms with Crippen molar-refractivity contribution in [2.24, 2.45) is 17.8 Å². The zero-order valence-corrected chi connectivity index (χ0v) is 23.5. The van der Waals surface area contributed by atoms with E-state index in [9.17, 15) is 14.0 Å². The van der Waals surface area contributed by atoms with E-state index in [-0.39, 0.29) is 29.0 Å². The minimum Gasteiger partial charge on any atom is -0.466 e. The Morgan fingerprint density at radius 3 is 2.29 bits per heavy atom. The number of amides is 1. The van der Waals surface area contributed by atoms with E-state index in [0.717, 1.165) is 36.9 Å². The lowest BCUT2D eigenvalue weighted by atomic mass is 9.82. The highest BCUT2D eigenvalue weighted by Crippen LogP contribution is 2.50. The highest BCUT2D eigenvalue weighted by Gasteiger charge is 2.45. The smallest absolute Gasteiger partial charge is 0.330 e. The summed E-state index contributed by atoms with van der Waals surface area (Å²) in [6, 6.07) is 16.6. The van der Waals surface area contributed by atoms with Crippen LogP contribution in [-0.4, -0.2) is 40.9 Å². The average molecular weight is 554 g/mol. The summed E-state index contributed by atoms with van der Waals surface area (Å²) in [6.07, 6.45) is 6.39. The maximum absolute atomic E-state index is 15.7. The topological polar surface area (TPSA) is 49.9 Å². The molecule has 0 saturated heterocycles. The van der Waals surface area contributed by atoms with Crippen LogP contribution in [0.1, 0.15) is 42.8 Å². The van der Waals surface area contributed by atoms with E-state index in [1.54, 1.807) is 18.2 Å². The van der Waals surface area contributed by atoms with Crippen LogP contribution < -0.4 is 9.80 Å². The first-order valence-electron chi connectivity index (χ1n) is 13.9. The van der Waals surface area contributed by atoms with Crippen molar-refractivity contribution in [3.05, 3.63) is 89.5 Å². The number of halogens is 2. The van der Waals surface area contributed by atoms with Crippen molar-refractivity contribution in [1.29, 1.82) is 0 Å². The first-order valence-corrected chi connectivity index (χ1v) is 13.9. The van der Waals surface area contributed by atoms with Gasteiger partial charge in [-0.05, 0) is 90.3 Å². The van der Waals surface area contributed by atoms with Gasteiger partial charge in [0.25, 0.3) is 0 Å². The Morgan fingerprint density at radius 2 is 1.68 bits per heavy atom. The Morgan fingerprint density at radius 1 is 0.951 bits per heavy atom. The lowest BCUT2D eigenvalue weighted by Gasteiger charge is -2.35. The van der Waals surface area contributed by atoms with Gasteiger partial charge in [-0.2, -0.15) is 0 Å². The molecule has 0 N–H and O–H groups in total. The number of esters is 1. The Bertz CT molecular complexity index is 1470. The fourth-order valence-corrected chi connectivity index (χ4v) is 6.25. The molecule has 210 valence electrons. The molecule has 0 spiro atoms.